The standard InChI is InChI=1S/C21H31N5O2S.HI/c1-20(2,3)28-19(27)26-21(4,5)14-24-18(22-6)23-12-17-25-16(13-29-17)15-10-8-7-9-11-15;/h7-11,13H,12,14H2,1-6H3,(H,26,27)(H2,22,23,24);1H. The zero-order valence-corrected chi connectivity index (χ0v) is 21.6. The Bertz CT molecular complexity index is 831. The third-order valence-electron chi connectivity index (χ3n) is 3.79. The second-order valence-electron chi connectivity index (χ2n) is 8.28. The van der Waals surface area contributed by atoms with Crippen molar-refractivity contribution in [2.75, 3.05) is 13.6 Å². The van der Waals surface area contributed by atoms with Crippen LogP contribution in [0.2, 0.25) is 0 Å². The number of ether oxygens (including phenoxy) is 1. The molecular formula is C21H32IN5O2S. The molecule has 0 bridgehead atoms. The highest BCUT2D eigenvalue weighted by atomic mass is 127. The Morgan fingerprint density at radius 1 is 1.13 bits per heavy atom. The van der Waals surface area contributed by atoms with Crippen LogP contribution in [0.15, 0.2) is 40.7 Å². The van der Waals surface area contributed by atoms with Crippen LogP contribution in [-0.4, -0.2) is 41.8 Å². The normalized spacial score (nSPS) is 12.0. The molecule has 1 amide bonds. The summed E-state index contributed by atoms with van der Waals surface area (Å²) >= 11 is 1.60. The lowest BCUT2D eigenvalue weighted by Gasteiger charge is -2.29. The van der Waals surface area contributed by atoms with Crippen molar-refractivity contribution in [3.05, 3.63) is 40.7 Å². The second kappa shape index (κ2) is 11.5. The van der Waals surface area contributed by atoms with E-state index < -0.39 is 17.2 Å². The van der Waals surface area contributed by atoms with Crippen LogP contribution in [0, 0.1) is 0 Å². The van der Waals surface area contributed by atoms with E-state index in [1.807, 2.05) is 65.0 Å². The van der Waals surface area contributed by atoms with E-state index in [9.17, 15) is 4.79 Å². The van der Waals surface area contributed by atoms with Crippen LogP contribution in [0.1, 0.15) is 39.6 Å². The van der Waals surface area contributed by atoms with E-state index >= 15 is 0 Å². The van der Waals surface area contributed by atoms with E-state index in [-0.39, 0.29) is 24.0 Å². The molecule has 0 aliphatic carbocycles. The van der Waals surface area contributed by atoms with Crippen LogP contribution in [-0.2, 0) is 11.3 Å². The van der Waals surface area contributed by atoms with Gasteiger partial charge >= 0.3 is 6.09 Å². The van der Waals surface area contributed by atoms with Gasteiger partial charge in [-0.3, -0.25) is 4.99 Å². The first-order valence-electron chi connectivity index (χ1n) is 9.53. The van der Waals surface area contributed by atoms with Crippen LogP contribution < -0.4 is 16.0 Å². The summed E-state index contributed by atoms with van der Waals surface area (Å²) < 4.78 is 5.32. The summed E-state index contributed by atoms with van der Waals surface area (Å²) in [6.45, 7) is 10.4. The molecule has 3 N–H and O–H groups in total. The van der Waals surface area contributed by atoms with Crippen molar-refractivity contribution in [3.63, 3.8) is 0 Å². The lowest BCUT2D eigenvalue weighted by Crippen LogP contribution is -2.54. The maximum atomic E-state index is 12.0. The van der Waals surface area contributed by atoms with Gasteiger partial charge in [-0.15, -0.1) is 35.3 Å². The molecule has 30 heavy (non-hydrogen) atoms. The largest absolute Gasteiger partial charge is 0.444 e. The Hall–Kier alpha value is -1.88. The molecule has 0 radical (unpaired) electrons. The molecule has 2 rings (SSSR count). The lowest BCUT2D eigenvalue weighted by atomic mass is 10.1. The SMILES string of the molecule is CN=C(NCc1nc(-c2ccccc2)cs1)NCC(C)(C)NC(=O)OC(C)(C)C.I. The average molecular weight is 545 g/mol. The summed E-state index contributed by atoms with van der Waals surface area (Å²) in [5, 5.41) is 12.4. The number of rotatable bonds is 6. The van der Waals surface area contributed by atoms with E-state index in [1.165, 1.54) is 0 Å². The van der Waals surface area contributed by atoms with E-state index in [0.717, 1.165) is 16.3 Å². The molecule has 1 aromatic carbocycles. The van der Waals surface area contributed by atoms with Gasteiger partial charge in [-0.25, -0.2) is 9.78 Å². The van der Waals surface area contributed by atoms with Crippen molar-refractivity contribution >= 4 is 47.4 Å². The van der Waals surface area contributed by atoms with Gasteiger partial charge in [0.05, 0.1) is 17.8 Å². The molecule has 166 valence electrons. The fraction of sp³-hybridized carbons (Fsp3) is 0.476. The van der Waals surface area contributed by atoms with Gasteiger partial charge in [0.2, 0.25) is 0 Å². The molecule has 7 nitrogen and oxygen atoms in total. The number of guanidine groups is 1. The van der Waals surface area contributed by atoms with Gasteiger partial charge in [0.15, 0.2) is 5.96 Å². The first-order valence-corrected chi connectivity index (χ1v) is 10.4. The summed E-state index contributed by atoms with van der Waals surface area (Å²) in [7, 11) is 1.71. The number of halogens is 1. The highest BCUT2D eigenvalue weighted by molar-refractivity contribution is 14.0. The summed E-state index contributed by atoms with van der Waals surface area (Å²) in [5.41, 5.74) is 1.03. The van der Waals surface area contributed by atoms with Crippen LogP contribution >= 0.6 is 35.3 Å². The van der Waals surface area contributed by atoms with Crippen LogP contribution in [0.5, 0.6) is 0 Å². The summed E-state index contributed by atoms with van der Waals surface area (Å²) in [6, 6.07) is 10.1. The summed E-state index contributed by atoms with van der Waals surface area (Å²) in [5.74, 6) is 0.639. The molecule has 0 spiro atoms. The average Bonchev–Trinajstić information content (AvgIpc) is 3.09. The number of alkyl carbamates (subject to hydrolysis) is 1. The molecule has 9 heteroatoms. The first-order chi connectivity index (χ1) is 13.6. The van der Waals surface area contributed by atoms with E-state index in [2.05, 4.69) is 31.3 Å². The maximum absolute atomic E-state index is 12.0. The fourth-order valence-electron chi connectivity index (χ4n) is 2.44. The van der Waals surface area contributed by atoms with Crippen LogP contribution in [0.3, 0.4) is 0 Å². The molecule has 0 fully saturated rings. The second-order valence-corrected chi connectivity index (χ2v) is 9.23. The zero-order valence-electron chi connectivity index (χ0n) is 18.4. The number of hydrogen-bond donors (Lipinski definition) is 3. The quantitative estimate of drug-likeness (QED) is 0.285. The zero-order chi connectivity index (χ0) is 21.5. The molecule has 0 atom stereocenters. The number of carbonyl (C=O) groups is 1. The third-order valence-corrected chi connectivity index (χ3v) is 4.64. The van der Waals surface area contributed by atoms with Gasteiger partial charge in [-0.05, 0) is 34.6 Å². The Labute approximate surface area is 200 Å². The molecule has 0 aliphatic rings. The van der Waals surface area contributed by atoms with Crippen molar-refractivity contribution in [3.8, 4) is 11.3 Å². The fourth-order valence-corrected chi connectivity index (χ4v) is 3.19. The van der Waals surface area contributed by atoms with Gasteiger partial charge in [0.25, 0.3) is 0 Å². The minimum atomic E-state index is -0.530. The molecule has 0 aliphatic heterocycles. The van der Waals surface area contributed by atoms with Crippen molar-refractivity contribution in [2.24, 2.45) is 4.99 Å². The maximum Gasteiger partial charge on any atom is 0.408 e. The number of hydrogen-bond acceptors (Lipinski definition) is 5. The van der Waals surface area contributed by atoms with Gasteiger partial charge in [0, 0.05) is 24.5 Å². The van der Waals surface area contributed by atoms with Crippen molar-refractivity contribution in [1.82, 2.24) is 20.9 Å². The predicted molar refractivity (Wildman–Crippen MR) is 135 cm³/mol. The highest BCUT2D eigenvalue weighted by Crippen LogP contribution is 2.21. The number of benzene rings is 1. The lowest BCUT2D eigenvalue weighted by molar-refractivity contribution is 0.0474. The minimum Gasteiger partial charge on any atom is -0.444 e. The molecule has 1 heterocycles. The number of nitrogens with one attached hydrogen (secondary N) is 3. The number of aromatic nitrogens is 1. The number of thiazole rings is 1. The van der Waals surface area contributed by atoms with Crippen molar-refractivity contribution in [2.45, 2.75) is 52.3 Å². The van der Waals surface area contributed by atoms with Crippen molar-refractivity contribution in [1.29, 1.82) is 0 Å². The molecule has 0 unspecified atom stereocenters. The molecule has 0 saturated carbocycles. The Morgan fingerprint density at radius 2 is 1.80 bits per heavy atom. The molecule has 2 aromatic rings. The summed E-state index contributed by atoms with van der Waals surface area (Å²) in [4.78, 5) is 20.9. The Kier molecular flexibility index (Phi) is 10.0. The van der Waals surface area contributed by atoms with Crippen LogP contribution in [0.4, 0.5) is 4.79 Å². The predicted octanol–water partition coefficient (Wildman–Crippen LogP) is 4.40. The number of amides is 1. The number of carbonyl (C=O) groups excluding carboxylic acids is 1. The molecular weight excluding hydrogens is 513 g/mol. The van der Waals surface area contributed by atoms with E-state index in [1.54, 1.807) is 18.4 Å². The van der Waals surface area contributed by atoms with Gasteiger partial charge in [0.1, 0.15) is 10.6 Å². The topological polar surface area (TPSA) is 87.6 Å². The number of nitrogens with zero attached hydrogens (tertiary/aromatic N) is 2. The Morgan fingerprint density at radius 3 is 2.40 bits per heavy atom. The highest BCUT2D eigenvalue weighted by Gasteiger charge is 2.24. The summed E-state index contributed by atoms with van der Waals surface area (Å²) in [6.07, 6.45) is -0.441. The van der Waals surface area contributed by atoms with Gasteiger partial charge < -0.3 is 20.7 Å². The van der Waals surface area contributed by atoms with Crippen LogP contribution in [0.25, 0.3) is 11.3 Å². The smallest absolute Gasteiger partial charge is 0.408 e. The third kappa shape index (κ3) is 9.29. The number of aliphatic imine (C=N–C) groups is 1. The van der Waals surface area contributed by atoms with Gasteiger partial charge in [-0.2, -0.15) is 0 Å². The monoisotopic (exact) mass is 545 g/mol. The Balaban J connectivity index is 0.00000450. The van der Waals surface area contributed by atoms with Gasteiger partial charge in [-0.1, -0.05) is 30.3 Å². The van der Waals surface area contributed by atoms with E-state index in [0.29, 0.717) is 19.0 Å². The first kappa shape index (κ1) is 26.2. The minimum absolute atomic E-state index is 0. The molecule has 0 saturated heterocycles. The van der Waals surface area contributed by atoms with E-state index in [4.69, 9.17) is 4.74 Å². The van der Waals surface area contributed by atoms with Crippen molar-refractivity contribution < 1.29 is 9.53 Å². The molecule has 1 aromatic heterocycles.